The molecule has 0 fully saturated rings. The molecule has 4 aromatic carbocycles. The predicted molar refractivity (Wildman–Crippen MR) is 126 cm³/mol. The van der Waals surface area contributed by atoms with Crippen LogP contribution in [0.15, 0.2) is 30.3 Å². The van der Waals surface area contributed by atoms with Gasteiger partial charge in [-0.1, -0.05) is 53.7 Å². The number of non-ortho nitro benzene ring substituents is 2. The molecule has 0 aliphatic heterocycles. The molecular formula is C25H26N2O4. The van der Waals surface area contributed by atoms with Crippen molar-refractivity contribution in [2.24, 2.45) is 0 Å². The van der Waals surface area contributed by atoms with E-state index in [9.17, 15) is 20.2 Å². The molecule has 31 heavy (non-hydrogen) atoms. The van der Waals surface area contributed by atoms with Crippen molar-refractivity contribution in [2.45, 2.75) is 59.3 Å². The first kappa shape index (κ1) is 21.0. The Morgan fingerprint density at radius 1 is 0.581 bits per heavy atom. The van der Waals surface area contributed by atoms with Gasteiger partial charge in [-0.25, -0.2) is 0 Å². The second kappa shape index (κ2) is 7.15. The van der Waals surface area contributed by atoms with Crippen molar-refractivity contribution in [1.82, 2.24) is 0 Å². The predicted octanol–water partition coefficient (Wildman–Crippen LogP) is 7.77. The highest BCUT2D eigenvalue weighted by atomic mass is 16.6. The minimum Gasteiger partial charge on any atom is -0.258 e. The maximum atomic E-state index is 12.0. The molecule has 4 aromatic rings. The smallest absolute Gasteiger partial charge is 0.258 e. The molecule has 0 aromatic heterocycles. The summed E-state index contributed by atoms with van der Waals surface area (Å²) >= 11 is 0. The van der Waals surface area contributed by atoms with Gasteiger partial charge in [-0.05, 0) is 62.7 Å². The molecule has 0 saturated carbocycles. The minimum absolute atomic E-state index is 0.0246. The molecule has 0 heterocycles. The van der Waals surface area contributed by atoms with E-state index in [-0.39, 0.29) is 29.1 Å². The molecule has 0 unspecified atom stereocenters. The quantitative estimate of drug-likeness (QED) is 0.188. The number of nitro benzene ring substituents is 2. The van der Waals surface area contributed by atoms with Gasteiger partial charge in [0.2, 0.25) is 0 Å². The zero-order valence-electron chi connectivity index (χ0n) is 18.6. The molecule has 0 saturated heterocycles. The lowest BCUT2D eigenvalue weighted by molar-refractivity contribution is -0.392. The normalized spacial score (nSPS) is 12.3. The van der Waals surface area contributed by atoms with E-state index >= 15 is 0 Å². The van der Waals surface area contributed by atoms with Crippen molar-refractivity contribution in [2.75, 3.05) is 0 Å². The van der Waals surface area contributed by atoms with Crippen LogP contribution in [0.3, 0.4) is 0 Å². The summed E-state index contributed by atoms with van der Waals surface area (Å²) in [7, 11) is 0. The van der Waals surface area contributed by atoms with Crippen LogP contribution in [0.1, 0.15) is 76.0 Å². The van der Waals surface area contributed by atoms with Crippen LogP contribution in [-0.4, -0.2) is 9.85 Å². The Bertz CT molecular complexity index is 1370. The van der Waals surface area contributed by atoms with E-state index < -0.39 is 9.85 Å². The van der Waals surface area contributed by atoms with Gasteiger partial charge in [0.15, 0.2) is 0 Å². The van der Waals surface area contributed by atoms with Gasteiger partial charge in [0.25, 0.3) is 11.4 Å². The number of hydrogen-bond acceptors (Lipinski definition) is 4. The van der Waals surface area contributed by atoms with Crippen LogP contribution in [-0.2, 0) is 0 Å². The Balaban J connectivity index is 2.45. The van der Waals surface area contributed by atoms with Gasteiger partial charge in [-0.3, -0.25) is 20.2 Å². The van der Waals surface area contributed by atoms with Crippen LogP contribution < -0.4 is 0 Å². The third-order valence-corrected chi connectivity index (χ3v) is 6.31. The maximum Gasteiger partial charge on any atom is 0.284 e. The van der Waals surface area contributed by atoms with Gasteiger partial charge < -0.3 is 0 Å². The first-order chi connectivity index (χ1) is 14.5. The monoisotopic (exact) mass is 418 g/mol. The second-order valence-electron chi connectivity index (χ2n) is 9.25. The molecular weight excluding hydrogens is 392 g/mol. The lowest BCUT2D eigenvalue weighted by atomic mass is 9.80. The summed E-state index contributed by atoms with van der Waals surface area (Å²) in [5.41, 5.74) is 2.76. The summed E-state index contributed by atoms with van der Waals surface area (Å²) < 4.78 is 0. The Labute approximate surface area is 180 Å². The molecule has 4 rings (SSSR count). The van der Waals surface area contributed by atoms with Gasteiger partial charge >= 0.3 is 0 Å². The zero-order valence-corrected chi connectivity index (χ0v) is 18.6. The average Bonchev–Trinajstić information content (AvgIpc) is 2.69. The van der Waals surface area contributed by atoms with Crippen molar-refractivity contribution in [3.63, 3.8) is 0 Å². The van der Waals surface area contributed by atoms with Gasteiger partial charge in [0.1, 0.15) is 0 Å². The Kier molecular flexibility index (Phi) is 4.84. The van der Waals surface area contributed by atoms with Gasteiger partial charge in [-0.2, -0.15) is 0 Å². The molecule has 6 heteroatoms. The third kappa shape index (κ3) is 3.00. The van der Waals surface area contributed by atoms with Crippen molar-refractivity contribution in [1.29, 1.82) is 0 Å². The Hall–Kier alpha value is -3.28. The molecule has 0 radical (unpaired) electrons. The molecule has 0 aliphatic carbocycles. The molecule has 0 bridgehead atoms. The van der Waals surface area contributed by atoms with E-state index in [0.717, 1.165) is 33.4 Å². The van der Waals surface area contributed by atoms with Crippen LogP contribution in [0.25, 0.3) is 32.3 Å². The zero-order chi connectivity index (χ0) is 22.8. The lowest BCUT2D eigenvalue weighted by Gasteiger charge is -2.23. The first-order valence-corrected chi connectivity index (χ1v) is 10.7. The highest BCUT2D eigenvalue weighted by Crippen LogP contribution is 2.48. The number of nitro groups is 2. The highest BCUT2D eigenvalue weighted by Gasteiger charge is 2.29. The van der Waals surface area contributed by atoms with Crippen LogP contribution in [0, 0.1) is 20.2 Å². The van der Waals surface area contributed by atoms with E-state index in [2.05, 4.69) is 39.8 Å². The maximum absolute atomic E-state index is 12.0. The molecule has 160 valence electrons. The minimum atomic E-state index is -0.513. The van der Waals surface area contributed by atoms with Crippen molar-refractivity contribution < 1.29 is 9.85 Å². The summed E-state index contributed by atoms with van der Waals surface area (Å²) in [6.07, 6.45) is 0. The van der Waals surface area contributed by atoms with E-state index in [1.165, 1.54) is 5.56 Å². The number of nitrogens with zero attached hydrogens (tertiary/aromatic N) is 2. The Morgan fingerprint density at radius 2 is 1.10 bits per heavy atom. The van der Waals surface area contributed by atoms with E-state index in [4.69, 9.17) is 0 Å². The molecule has 0 aliphatic rings. The van der Waals surface area contributed by atoms with Crippen molar-refractivity contribution in [3.05, 3.63) is 67.3 Å². The molecule has 0 spiro atoms. The van der Waals surface area contributed by atoms with Crippen LogP contribution in [0.2, 0.25) is 0 Å². The topological polar surface area (TPSA) is 86.3 Å². The van der Waals surface area contributed by atoms with E-state index in [1.54, 1.807) is 6.07 Å². The van der Waals surface area contributed by atoms with Crippen LogP contribution >= 0.6 is 0 Å². The summed E-state index contributed by atoms with van der Waals surface area (Å²) in [5, 5.41) is 28.5. The largest absolute Gasteiger partial charge is 0.284 e. The van der Waals surface area contributed by atoms with E-state index in [0.29, 0.717) is 16.2 Å². The number of rotatable bonds is 5. The van der Waals surface area contributed by atoms with Gasteiger partial charge in [-0.15, -0.1) is 0 Å². The summed E-state index contributed by atoms with van der Waals surface area (Å²) in [4.78, 5) is 22.9. The lowest BCUT2D eigenvalue weighted by Crippen LogP contribution is -2.04. The fourth-order valence-corrected chi connectivity index (χ4v) is 4.85. The van der Waals surface area contributed by atoms with E-state index in [1.807, 2.05) is 19.9 Å². The fraction of sp³-hybridized carbons (Fsp3) is 0.360. The van der Waals surface area contributed by atoms with Crippen LogP contribution in [0.4, 0.5) is 11.4 Å². The second-order valence-corrected chi connectivity index (χ2v) is 9.25. The molecule has 0 atom stereocenters. The van der Waals surface area contributed by atoms with Crippen LogP contribution in [0.5, 0.6) is 0 Å². The standard InChI is InChI=1S/C25H26N2O4/c1-12(2)17-9-18(13(3)4)20-10-19(14(5)6)24-22(27(30)31)11-21(26(28)29)16-8-7-15(17)23(20)25(16)24/h7-14H,1-6H3. The number of benzene rings is 4. The van der Waals surface area contributed by atoms with Crippen molar-refractivity contribution >= 4 is 43.7 Å². The SMILES string of the molecule is CC(C)c1cc(C(C)C)c2cc(C(C)C)c3c([N+](=O)[O-])cc([N+](=O)[O-])c4ccc1c2c43. The third-order valence-electron chi connectivity index (χ3n) is 6.31. The summed E-state index contributed by atoms with van der Waals surface area (Å²) in [6.45, 7) is 12.5. The summed E-state index contributed by atoms with van der Waals surface area (Å²) in [6, 6.07) is 9.14. The first-order valence-electron chi connectivity index (χ1n) is 10.7. The molecule has 6 nitrogen and oxygen atoms in total. The van der Waals surface area contributed by atoms with Crippen molar-refractivity contribution in [3.8, 4) is 0 Å². The Morgan fingerprint density at radius 3 is 1.61 bits per heavy atom. The van der Waals surface area contributed by atoms with Gasteiger partial charge in [0.05, 0.1) is 26.7 Å². The summed E-state index contributed by atoms with van der Waals surface area (Å²) in [5.74, 6) is 0.514. The number of hydrogen-bond donors (Lipinski definition) is 0. The average molecular weight is 418 g/mol. The molecule has 0 N–H and O–H groups in total. The molecule has 0 amide bonds. The highest BCUT2D eigenvalue weighted by molar-refractivity contribution is 6.28. The van der Waals surface area contributed by atoms with Gasteiger partial charge in [0, 0.05) is 5.39 Å². The fourth-order valence-electron chi connectivity index (χ4n) is 4.85.